The average Bonchev–Trinajstić information content (AvgIpc) is 3.24. The van der Waals surface area contributed by atoms with Crippen LogP contribution in [0.1, 0.15) is 29.0 Å². The largest absolute Gasteiger partial charge is 0.476 e. The van der Waals surface area contributed by atoms with Gasteiger partial charge < -0.3 is 10.4 Å². The summed E-state index contributed by atoms with van der Waals surface area (Å²) in [5.74, 6) is -1.56. The number of rotatable bonds is 6. The number of nitrogens with one attached hydrogen (secondary N) is 1. The number of carboxylic acid groups (broad SMARTS) is 1. The molecule has 0 radical (unpaired) electrons. The van der Waals surface area contributed by atoms with Crippen molar-refractivity contribution in [1.82, 2.24) is 19.6 Å². The molecule has 1 atom stereocenters. The third kappa shape index (κ3) is 4.40. The van der Waals surface area contributed by atoms with Gasteiger partial charge in [-0.1, -0.05) is 12.1 Å². The van der Waals surface area contributed by atoms with Gasteiger partial charge in [-0.05, 0) is 46.6 Å². The van der Waals surface area contributed by atoms with E-state index in [4.69, 9.17) is 5.11 Å². The Labute approximate surface area is 161 Å². The van der Waals surface area contributed by atoms with Gasteiger partial charge in [-0.25, -0.2) is 9.18 Å². The molecule has 0 spiro atoms. The molecule has 3 aromatic rings. The van der Waals surface area contributed by atoms with Crippen molar-refractivity contribution in [2.75, 3.05) is 5.32 Å². The Morgan fingerprint density at radius 2 is 1.96 bits per heavy atom. The lowest BCUT2D eigenvalue weighted by molar-refractivity contribution is -0.119. The summed E-state index contributed by atoms with van der Waals surface area (Å²) in [4.78, 5) is 23.3. The van der Waals surface area contributed by atoms with Gasteiger partial charge in [-0.15, -0.1) is 0 Å². The highest BCUT2D eigenvalue weighted by atomic mass is 79.9. The predicted molar refractivity (Wildman–Crippen MR) is 98.0 cm³/mol. The summed E-state index contributed by atoms with van der Waals surface area (Å²) in [5, 5.41) is 19.7. The van der Waals surface area contributed by atoms with Crippen LogP contribution in [0.4, 0.5) is 10.2 Å². The molecule has 1 aromatic carbocycles. The molecule has 8 nitrogen and oxygen atoms in total. The maximum absolute atomic E-state index is 13.0. The van der Waals surface area contributed by atoms with Gasteiger partial charge in [0.05, 0.1) is 11.0 Å². The molecule has 0 saturated heterocycles. The molecule has 0 aliphatic heterocycles. The second-order valence-corrected chi connectivity index (χ2v) is 6.66. The van der Waals surface area contributed by atoms with Gasteiger partial charge in [0, 0.05) is 12.4 Å². The monoisotopic (exact) mass is 435 g/mol. The van der Waals surface area contributed by atoms with E-state index in [0.717, 1.165) is 5.56 Å². The Hall–Kier alpha value is -3.01. The molecular formula is C17H15BrFN5O3. The third-order valence-corrected chi connectivity index (χ3v) is 4.40. The normalized spacial score (nSPS) is 12.0. The Morgan fingerprint density at radius 3 is 2.59 bits per heavy atom. The number of nitrogens with zero attached hydrogens (tertiary/aromatic N) is 4. The minimum Gasteiger partial charge on any atom is -0.476 e. The number of hydrogen-bond donors (Lipinski definition) is 2. The van der Waals surface area contributed by atoms with Crippen molar-refractivity contribution in [2.45, 2.75) is 19.5 Å². The van der Waals surface area contributed by atoms with E-state index in [2.05, 4.69) is 31.4 Å². The first-order valence-electron chi connectivity index (χ1n) is 7.90. The summed E-state index contributed by atoms with van der Waals surface area (Å²) in [6.45, 7) is 2.00. The van der Waals surface area contributed by atoms with E-state index < -0.39 is 17.9 Å². The van der Waals surface area contributed by atoms with Crippen LogP contribution in [0.25, 0.3) is 0 Å². The Bertz CT molecular complexity index is 983. The van der Waals surface area contributed by atoms with Crippen molar-refractivity contribution in [3.05, 3.63) is 64.3 Å². The van der Waals surface area contributed by atoms with Crippen LogP contribution in [0.2, 0.25) is 0 Å². The number of carbonyl (C=O) groups excluding carboxylic acids is 1. The van der Waals surface area contributed by atoms with Crippen LogP contribution in [-0.4, -0.2) is 36.5 Å². The lowest BCUT2D eigenvalue weighted by Gasteiger charge is -2.11. The Balaban J connectivity index is 1.69. The number of aromatic carboxylic acids is 1. The van der Waals surface area contributed by atoms with E-state index >= 15 is 0 Å². The molecule has 140 valence electrons. The molecule has 2 N–H and O–H groups in total. The lowest BCUT2D eigenvalue weighted by Crippen LogP contribution is -2.24. The van der Waals surface area contributed by atoms with E-state index in [1.54, 1.807) is 29.9 Å². The van der Waals surface area contributed by atoms with Crippen LogP contribution >= 0.6 is 15.9 Å². The number of benzene rings is 1. The summed E-state index contributed by atoms with van der Waals surface area (Å²) in [6.07, 6.45) is 3.12. The van der Waals surface area contributed by atoms with Gasteiger partial charge in [0.25, 0.3) is 0 Å². The molecule has 2 aromatic heterocycles. The van der Waals surface area contributed by atoms with E-state index in [1.807, 2.05) is 0 Å². The zero-order chi connectivity index (χ0) is 19.6. The first-order valence-corrected chi connectivity index (χ1v) is 8.69. The lowest BCUT2D eigenvalue weighted by atomic mass is 10.2. The molecule has 1 unspecified atom stereocenters. The Morgan fingerprint density at radius 1 is 1.26 bits per heavy atom. The molecule has 0 saturated carbocycles. The Kier molecular flexibility index (Phi) is 5.36. The number of carboxylic acids is 1. The van der Waals surface area contributed by atoms with E-state index in [9.17, 15) is 14.0 Å². The molecule has 1 amide bonds. The second kappa shape index (κ2) is 7.70. The molecule has 27 heavy (non-hydrogen) atoms. The minimum atomic E-state index is -1.16. The first-order chi connectivity index (χ1) is 12.8. The zero-order valence-electron chi connectivity index (χ0n) is 14.1. The van der Waals surface area contributed by atoms with Crippen molar-refractivity contribution >= 4 is 33.6 Å². The standard InChI is InChI=1S/C17H15BrFN5O3/c1-10(24-7-6-14(21-24)17(26)27)16(25)20-15-13(18)9-23(22-15)8-11-2-4-12(19)5-3-11/h2-7,9-10H,8H2,1H3,(H,26,27)(H,20,22,25). The third-order valence-electron chi connectivity index (χ3n) is 3.82. The van der Waals surface area contributed by atoms with E-state index in [1.165, 1.54) is 29.1 Å². The van der Waals surface area contributed by atoms with Crippen molar-refractivity contribution in [3.8, 4) is 0 Å². The fourth-order valence-corrected chi connectivity index (χ4v) is 2.76. The topological polar surface area (TPSA) is 102 Å². The summed E-state index contributed by atoms with van der Waals surface area (Å²) in [5.41, 5.74) is 0.717. The van der Waals surface area contributed by atoms with Crippen molar-refractivity contribution in [1.29, 1.82) is 0 Å². The maximum Gasteiger partial charge on any atom is 0.356 e. The number of amides is 1. The number of aromatic nitrogens is 4. The number of hydrogen-bond acceptors (Lipinski definition) is 4. The van der Waals surface area contributed by atoms with Crippen LogP contribution in [0.3, 0.4) is 0 Å². The second-order valence-electron chi connectivity index (χ2n) is 5.80. The SMILES string of the molecule is CC(C(=O)Nc1nn(Cc2ccc(F)cc2)cc1Br)n1ccc(C(=O)O)n1. The molecule has 0 aliphatic rings. The summed E-state index contributed by atoms with van der Waals surface area (Å²) in [6, 6.07) is 6.64. The van der Waals surface area contributed by atoms with Gasteiger partial charge in [0.15, 0.2) is 11.5 Å². The molecule has 2 heterocycles. The number of halogens is 2. The predicted octanol–water partition coefficient (Wildman–Crippen LogP) is 2.93. The average molecular weight is 436 g/mol. The van der Waals surface area contributed by atoms with Crippen LogP contribution < -0.4 is 5.32 Å². The van der Waals surface area contributed by atoms with Gasteiger partial charge in [-0.3, -0.25) is 14.2 Å². The fourth-order valence-electron chi connectivity index (χ4n) is 2.35. The maximum atomic E-state index is 13.0. The molecule has 0 bridgehead atoms. The highest BCUT2D eigenvalue weighted by Crippen LogP contribution is 2.22. The van der Waals surface area contributed by atoms with E-state index in [-0.39, 0.29) is 11.5 Å². The first kappa shape index (κ1) is 18.8. The smallest absolute Gasteiger partial charge is 0.356 e. The molecule has 0 fully saturated rings. The quantitative estimate of drug-likeness (QED) is 0.619. The van der Waals surface area contributed by atoms with Crippen LogP contribution in [0.5, 0.6) is 0 Å². The van der Waals surface area contributed by atoms with Gasteiger partial charge in [0.2, 0.25) is 5.91 Å². The molecular weight excluding hydrogens is 421 g/mol. The molecule has 0 aliphatic carbocycles. The summed E-state index contributed by atoms with van der Waals surface area (Å²) in [7, 11) is 0. The molecule has 3 rings (SSSR count). The molecule has 10 heteroatoms. The minimum absolute atomic E-state index is 0.139. The summed E-state index contributed by atoms with van der Waals surface area (Å²) < 4.78 is 16.4. The van der Waals surface area contributed by atoms with Gasteiger partial charge in [0.1, 0.15) is 11.9 Å². The van der Waals surface area contributed by atoms with E-state index in [0.29, 0.717) is 16.8 Å². The number of anilines is 1. The van der Waals surface area contributed by atoms with Crippen molar-refractivity contribution in [2.24, 2.45) is 0 Å². The van der Waals surface area contributed by atoms with Crippen LogP contribution in [0.15, 0.2) is 47.2 Å². The fraction of sp³-hybridized carbons (Fsp3) is 0.176. The van der Waals surface area contributed by atoms with Gasteiger partial charge >= 0.3 is 5.97 Å². The number of carbonyl (C=O) groups is 2. The van der Waals surface area contributed by atoms with Crippen LogP contribution in [-0.2, 0) is 11.3 Å². The zero-order valence-corrected chi connectivity index (χ0v) is 15.7. The highest BCUT2D eigenvalue weighted by molar-refractivity contribution is 9.10. The highest BCUT2D eigenvalue weighted by Gasteiger charge is 2.20. The summed E-state index contributed by atoms with van der Waals surface area (Å²) >= 11 is 3.34. The van der Waals surface area contributed by atoms with Crippen molar-refractivity contribution in [3.63, 3.8) is 0 Å². The van der Waals surface area contributed by atoms with Gasteiger partial charge in [-0.2, -0.15) is 10.2 Å². The van der Waals surface area contributed by atoms with Crippen molar-refractivity contribution < 1.29 is 19.1 Å². The van der Waals surface area contributed by atoms with Crippen LogP contribution in [0, 0.1) is 5.82 Å².